The Morgan fingerprint density at radius 3 is 3.21 bits per heavy atom. The average molecular weight is 281 g/mol. The zero-order valence-corrected chi connectivity index (χ0v) is 12.4. The number of hydrogen-bond acceptors (Lipinski definition) is 4. The van der Waals surface area contributed by atoms with Gasteiger partial charge in [-0.05, 0) is 30.5 Å². The summed E-state index contributed by atoms with van der Waals surface area (Å²) in [6.07, 6.45) is 2.88. The van der Waals surface area contributed by atoms with Crippen molar-refractivity contribution in [3.63, 3.8) is 0 Å². The second kappa shape index (κ2) is 8.59. The summed E-state index contributed by atoms with van der Waals surface area (Å²) >= 11 is 1.90. The fourth-order valence-electron chi connectivity index (χ4n) is 2.12. The van der Waals surface area contributed by atoms with Crippen LogP contribution in [0.2, 0.25) is 0 Å². The molecule has 0 aliphatic carbocycles. The van der Waals surface area contributed by atoms with Crippen molar-refractivity contribution in [1.82, 2.24) is 5.32 Å². The molecule has 1 saturated heterocycles. The van der Waals surface area contributed by atoms with E-state index in [9.17, 15) is 0 Å². The molecule has 2 rings (SSSR count). The maximum Gasteiger partial charge on any atom is 0.0669 e. The molecule has 1 aliphatic rings. The van der Waals surface area contributed by atoms with Crippen molar-refractivity contribution in [2.24, 2.45) is 0 Å². The molecule has 1 atom stereocenters. The Bertz CT molecular complexity index is 367. The smallest absolute Gasteiger partial charge is 0.0669 e. The quantitative estimate of drug-likeness (QED) is 0.586. The third-order valence-electron chi connectivity index (χ3n) is 3.17. The Kier molecular flexibility index (Phi) is 6.71. The van der Waals surface area contributed by atoms with Gasteiger partial charge >= 0.3 is 0 Å². The Labute approximate surface area is 120 Å². The lowest BCUT2D eigenvalue weighted by Gasteiger charge is -2.10. The van der Waals surface area contributed by atoms with E-state index in [1.807, 2.05) is 11.8 Å². The number of hydrogen-bond donors (Lipinski definition) is 1. The minimum Gasteiger partial charge on any atom is -0.383 e. The molecule has 1 aliphatic heterocycles. The van der Waals surface area contributed by atoms with Gasteiger partial charge < -0.3 is 14.8 Å². The molecule has 3 nitrogen and oxygen atoms in total. The molecule has 1 aromatic rings. The third-order valence-corrected chi connectivity index (χ3v) is 4.30. The van der Waals surface area contributed by atoms with Crippen LogP contribution in [0.15, 0.2) is 29.2 Å². The number of ether oxygens (including phenoxy) is 2. The second-order valence-electron chi connectivity index (χ2n) is 4.76. The van der Waals surface area contributed by atoms with Gasteiger partial charge in [-0.2, -0.15) is 0 Å². The highest BCUT2D eigenvalue weighted by atomic mass is 32.2. The van der Waals surface area contributed by atoms with Crippen LogP contribution >= 0.6 is 11.8 Å². The van der Waals surface area contributed by atoms with Gasteiger partial charge in [-0.15, -0.1) is 11.8 Å². The molecule has 0 amide bonds. The first-order valence-corrected chi connectivity index (χ1v) is 7.90. The van der Waals surface area contributed by atoms with Gasteiger partial charge in [0.1, 0.15) is 0 Å². The molecule has 106 valence electrons. The summed E-state index contributed by atoms with van der Waals surface area (Å²) in [6, 6.07) is 8.73. The van der Waals surface area contributed by atoms with Crippen LogP contribution < -0.4 is 5.32 Å². The first-order valence-electron chi connectivity index (χ1n) is 6.91. The number of benzene rings is 1. The summed E-state index contributed by atoms with van der Waals surface area (Å²) < 4.78 is 10.7. The van der Waals surface area contributed by atoms with Gasteiger partial charge in [0.2, 0.25) is 0 Å². The van der Waals surface area contributed by atoms with Crippen LogP contribution in [0.5, 0.6) is 0 Å². The number of nitrogens with one attached hydrogen (secondary N) is 1. The van der Waals surface area contributed by atoms with E-state index in [1.54, 1.807) is 7.11 Å². The standard InChI is InChI=1S/C15H23NO2S/c1-17-9-7-16-11-13-4-2-6-15(10-13)19-12-14-5-3-8-18-14/h2,4,6,10,14,16H,3,5,7-9,11-12H2,1H3. The highest BCUT2D eigenvalue weighted by Gasteiger charge is 2.15. The van der Waals surface area contributed by atoms with Crippen LogP contribution in [0, 0.1) is 0 Å². The molecular formula is C15H23NO2S. The van der Waals surface area contributed by atoms with Crippen LogP contribution in [0.4, 0.5) is 0 Å². The van der Waals surface area contributed by atoms with E-state index in [2.05, 4.69) is 29.6 Å². The molecule has 4 heteroatoms. The van der Waals surface area contributed by atoms with E-state index in [0.29, 0.717) is 6.10 Å². The normalized spacial score (nSPS) is 18.9. The molecule has 1 unspecified atom stereocenters. The average Bonchev–Trinajstić information content (AvgIpc) is 2.95. The van der Waals surface area contributed by atoms with Gasteiger partial charge in [-0.3, -0.25) is 0 Å². The number of thioether (sulfide) groups is 1. The lowest BCUT2D eigenvalue weighted by Crippen LogP contribution is -2.18. The van der Waals surface area contributed by atoms with Crippen LogP contribution in [0.1, 0.15) is 18.4 Å². The van der Waals surface area contributed by atoms with Crippen LogP contribution in [0.3, 0.4) is 0 Å². The topological polar surface area (TPSA) is 30.5 Å². The lowest BCUT2D eigenvalue weighted by atomic mass is 10.2. The maximum absolute atomic E-state index is 5.65. The van der Waals surface area contributed by atoms with Crippen molar-refractivity contribution in [3.8, 4) is 0 Å². The first kappa shape index (κ1) is 14.9. The van der Waals surface area contributed by atoms with Crippen LogP contribution in [0.25, 0.3) is 0 Å². The predicted octanol–water partition coefficient (Wildman–Crippen LogP) is 2.69. The van der Waals surface area contributed by atoms with E-state index in [1.165, 1.54) is 23.3 Å². The summed E-state index contributed by atoms with van der Waals surface area (Å²) in [5.74, 6) is 1.07. The van der Waals surface area contributed by atoms with E-state index >= 15 is 0 Å². The van der Waals surface area contributed by atoms with E-state index in [4.69, 9.17) is 9.47 Å². The molecule has 0 spiro atoms. The van der Waals surface area contributed by atoms with Crippen molar-refractivity contribution in [1.29, 1.82) is 0 Å². The summed E-state index contributed by atoms with van der Waals surface area (Å²) in [5.41, 5.74) is 1.33. The summed E-state index contributed by atoms with van der Waals surface area (Å²) in [7, 11) is 1.73. The summed E-state index contributed by atoms with van der Waals surface area (Å²) in [4.78, 5) is 1.33. The van der Waals surface area contributed by atoms with Crippen molar-refractivity contribution >= 4 is 11.8 Å². The van der Waals surface area contributed by atoms with Gasteiger partial charge in [0, 0.05) is 37.5 Å². The Morgan fingerprint density at radius 2 is 2.42 bits per heavy atom. The molecule has 19 heavy (non-hydrogen) atoms. The molecule has 1 fully saturated rings. The first-order chi connectivity index (χ1) is 9.38. The Balaban J connectivity index is 1.74. The number of methoxy groups -OCH3 is 1. The number of rotatable bonds is 8. The van der Waals surface area contributed by atoms with Crippen molar-refractivity contribution in [2.75, 3.05) is 32.6 Å². The SMILES string of the molecule is COCCNCc1cccc(SCC2CCCO2)c1. The van der Waals surface area contributed by atoms with E-state index in [-0.39, 0.29) is 0 Å². The van der Waals surface area contributed by atoms with Gasteiger partial charge in [0.15, 0.2) is 0 Å². The van der Waals surface area contributed by atoms with Gasteiger partial charge in [-0.25, -0.2) is 0 Å². The van der Waals surface area contributed by atoms with Crippen molar-refractivity contribution < 1.29 is 9.47 Å². The fourth-order valence-corrected chi connectivity index (χ4v) is 3.17. The minimum absolute atomic E-state index is 0.452. The molecule has 0 saturated carbocycles. The minimum atomic E-state index is 0.452. The van der Waals surface area contributed by atoms with Gasteiger partial charge in [0.05, 0.1) is 12.7 Å². The Morgan fingerprint density at radius 1 is 1.47 bits per heavy atom. The zero-order valence-electron chi connectivity index (χ0n) is 11.6. The fraction of sp³-hybridized carbons (Fsp3) is 0.600. The van der Waals surface area contributed by atoms with Crippen molar-refractivity contribution in [3.05, 3.63) is 29.8 Å². The Hall–Kier alpha value is -0.550. The van der Waals surface area contributed by atoms with Crippen LogP contribution in [-0.2, 0) is 16.0 Å². The van der Waals surface area contributed by atoms with Crippen LogP contribution in [-0.4, -0.2) is 38.7 Å². The summed E-state index contributed by atoms with van der Waals surface area (Å²) in [6.45, 7) is 3.49. The monoisotopic (exact) mass is 281 g/mol. The molecule has 1 N–H and O–H groups in total. The van der Waals surface area contributed by atoms with Crippen molar-refractivity contribution in [2.45, 2.75) is 30.4 Å². The second-order valence-corrected chi connectivity index (χ2v) is 5.86. The molecule has 0 radical (unpaired) electrons. The third kappa shape index (κ3) is 5.53. The lowest BCUT2D eigenvalue weighted by molar-refractivity contribution is 0.129. The molecular weight excluding hydrogens is 258 g/mol. The summed E-state index contributed by atoms with van der Waals surface area (Å²) in [5, 5.41) is 3.37. The van der Waals surface area contributed by atoms with Gasteiger partial charge in [-0.1, -0.05) is 12.1 Å². The van der Waals surface area contributed by atoms with E-state index in [0.717, 1.165) is 32.1 Å². The highest BCUT2D eigenvalue weighted by molar-refractivity contribution is 7.99. The largest absolute Gasteiger partial charge is 0.383 e. The highest BCUT2D eigenvalue weighted by Crippen LogP contribution is 2.24. The molecule has 0 bridgehead atoms. The van der Waals surface area contributed by atoms with E-state index < -0.39 is 0 Å². The van der Waals surface area contributed by atoms with Gasteiger partial charge in [0.25, 0.3) is 0 Å². The maximum atomic E-state index is 5.65. The zero-order chi connectivity index (χ0) is 13.3. The molecule has 1 aromatic carbocycles. The molecule has 1 heterocycles. The molecule has 0 aromatic heterocycles. The predicted molar refractivity (Wildman–Crippen MR) is 79.7 cm³/mol.